The summed E-state index contributed by atoms with van der Waals surface area (Å²) in [7, 11) is 0. The van der Waals surface area contributed by atoms with E-state index >= 15 is 0 Å². The molecule has 3 aromatic heterocycles. The van der Waals surface area contributed by atoms with Gasteiger partial charge in [-0.15, -0.1) is 16.4 Å². The maximum atomic E-state index is 12.8. The number of likely N-dealkylation sites (tertiary alicyclic amines) is 1. The number of amides is 1. The lowest BCUT2D eigenvalue weighted by atomic mass is 9.89. The number of carbonyl (C=O) groups excluding carboxylic acids is 1. The second kappa shape index (κ2) is 6.69. The molecule has 1 aliphatic carbocycles. The molecule has 1 fully saturated rings. The first-order chi connectivity index (χ1) is 13.5. The van der Waals surface area contributed by atoms with E-state index in [9.17, 15) is 9.59 Å². The number of hydrogen-bond donors (Lipinski definition) is 0. The highest BCUT2D eigenvalue weighted by Crippen LogP contribution is 2.38. The van der Waals surface area contributed by atoms with E-state index in [2.05, 4.69) is 23.9 Å². The van der Waals surface area contributed by atoms with E-state index in [1.165, 1.54) is 19.5 Å². The van der Waals surface area contributed by atoms with Gasteiger partial charge < -0.3 is 4.90 Å². The number of nitrogens with zero attached hydrogens (tertiary/aromatic N) is 5. The van der Waals surface area contributed by atoms with Crippen molar-refractivity contribution >= 4 is 33.1 Å². The average Bonchev–Trinajstić information content (AvgIpc) is 3.19. The Morgan fingerprint density at radius 3 is 2.79 bits per heavy atom. The zero-order chi connectivity index (χ0) is 19.4. The summed E-state index contributed by atoms with van der Waals surface area (Å²) in [6.45, 7) is 6.03. The van der Waals surface area contributed by atoms with Gasteiger partial charge in [0.1, 0.15) is 17.7 Å². The Balaban J connectivity index is 1.52. The van der Waals surface area contributed by atoms with Crippen LogP contribution < -0.4 is 5.69 Å². The Bertz CT molecular complexity index is 1120. The van der Waals surface area contributed by atoms with Gasteiger partial charge in [-0.2, -0.15) is 0 Å². The van der Waals surface area contributed by atoms with Gasteiger partial charge in [-0.25, -0.2) is 18.9 Å². The van der Waals surface area contributed by atoms with E-state index in [-0.39, 0.29) is 18.1 Å². The maximum absolute atomic E-state index is 12.8. The lowest BCUT2D eigenvalue weighted by molar-refractivity contribution is -0.133. The second-order valence-electron chi connectivity index (χ2n) is 8.47. The van der Waals surface area contributed by atoms with Gasteiger partial charge in [-0.05, 0) is 49.5 Å². The molecule has 0 unspecified atom stereocenters. The summed E-state index contributed by atoms with van der Waals surface area (Å²) < 4.78 is 2.81. The molecule has 0 radical (unpaired) electrons. The summed E-state index contributed by atoms with van der Waals surface area (Å²) in [5.74, 6) is 1.32. The molecule has 1 amide bonds. The van der Waals surface area contributed by atoms with Gasteiger partial charge >= 0.3 is 5.69 Å². The molecule has 1 atom stereocenters. The summed E-state index contributed by atoms with van der Waals surface area (Å²) in [6, 6.07) is 0. The molecule has 148 valence electrons. The standard InChI is InChI=1S/C20H25N5O2S/c1-12-5-7-23(8-6-12)16(26)10-25-20(27)24-11-21-19-17(18(24)22-25)14-4-3-13(2)9-15(14)28-19/h11-13H,3-10H2,1-2H3/t13-/m0/s1. The van der Waals surface area contributed by atoms with Crippen molar-refractivity contribution in [1.82, 2.24) is 24.1 Å². The molecule has 7 nitrogen and oxygen atoms in total. The first-order valence-corrected chi connectivity index (χ1v) is 11.0. The number of rotatable bonds is 2. The van der Waals surface area contributed by atoms with Gasteiger partial charge in [-0.1, -0.05) is 13.8 Å². The topological polar surface area (TPSA) is 72.5 Å². The van der Waals surface area contributed by atoms with Crippen LogP contribution in [0.1, 0.15) is 43.6 Å². The Hall–Kier alpha value is -2.22. The molecule has 1 saturated heterocycles. The predicted octanol–water partition coefficient (Wildman–Crippen LogP) is 2.49. The van der Waals surface area contributed by atoms with Gasteiger partial charge in [-0.3, -0.25) is 4.79 Å². The van der Waals surface area contributed by atoms with Crippen LogP contribution in [0.25, 0.3) is 15.9 Å². The van der Waals surface area contributed by atoms with Gasteiger partial charge in [0.2, 0.25) is 5.91 Å². The lowest BCUT2D eigenvalue weighted by Gasteiger charge is -2.30. The number of carbonyl (C=O) groups is 1. The summed E-state index contributed by atoms with van der Waals surface area (Å²) in [4.78, 5) is 34.2. The van der Waals surface area contributed by atoms with E-state index in [4.69, 9.17) is 0 Å². The van der Waals surface area contributed by atoms with Crippen LogP contribution in [0.5, 0.6) is 0 Å². The van der Waals surface area contributed by atoms with Crippen molar-refractivity contribution in [1.29, 1.82) is 0 Å². The highest BCUT2D eigenvalue weighted by atomic mass is 32.1. The lowest BCUT2D eigenvalue weighted by Crippen LogP contribution is -2.41. The molecule has 0 saturated carbocycles. The Morgan fingerprint density at radius 2 is 2.00 bits per heavy atom. The van der Waals surface area contributed by atoms with Crippen molar-refractivity contribution in [3.05, 3.63) is 27.3 Å². The predicted molar refractivity (Wildman–Crippen MR) is 109 cm³/mol. The molecule has 5 rings (SSSR count). The number of aryl methyl sites for hydroxylation is 1. The third-order valence-electron chi connectivity index (χ3n) is 6.30. The fourth-order valence-electron chi connectivity index (χ4n) is 4.45. The van der Waals surface area contributed by atoms with Gasteiger partial charge in [0.15, 0.2) is 5.65 Å². The van der Waals surface area contributed by atoms with Crippen molar-refractivity contribution in [2.45, 2.75) is 52.5 Å². The summed E-state index contributed by atoms with van der Waals surface area (Å²) in [6.07, 6.45) is 6.83. The van der Waals surface area contributed by atoms with Crippen LogP contribution in [-0.4, -0.2) is 43.1 Å². The van der Waals surface area contributed by atoms with Crippen molar-refractivity contribution in [2.75, 3.05) is 13.1 Å². The van der Waals surface area contributed by atoms with Crippen molar-refractivity contribution in [3.63, 3.8) is 0 Å². The fourth-order valence-corrected chi connectivity index (χ4v) is 5.80. The van der Waals surface area contributed by atoms with Crippen LogP contribution in [-0.2, 0) is 24.2 Å². The minimum absolute atomic E-state index is 0.000249. The van der Waals surface area contributed by atoms with Crippen LogP contribution in [0.3, 0.4) is 0 Å². The molecule has 2 aliphatic rings. The summed E-state index contributed by atoms with van der Waals surface area (Å²) in [5, 5.41) is 5.58. The van der Waals surface area contributed by atoms with E-state index in [1.54, 1.807) is 17.7 Å². The third kappa shape index (κ3) is 2.85. The van der Waals surface area contributed by atoms with Crippen molar-refractivity contribution in [2.24, 2.45) is 11.8 Å². The molecule has 28 heavy (non-hydrogen) atoms. The van der Waals surface area contributed by atoms with Crippen LogP contribution >= 0.6 is 11.3 Å². The highest BCUT2D eigenvalue weighted by Gasteiger charge is 2.25. The van der Waals surface area contributed by atoms with Crippen LogP contribution in [0.15, 0.2) is 11.1 Å². The molecule has 3 aromatic rings. The van der Waals surface area contributed by atoms with E-state index in [0.29, 0.717) is 17.5 Å². The average molecular weight is 400 g/mol. The zero-order valence-electron chi connectivity index (χ0n) is 16.3. The highest BCUT2D eigenvalue weighted by molar-refractivity contribution is 7.19. The van der Waals surface area contributed by atoms with E-state index < -0.39 is 0 Å². The second-order valence-corrected chi connectivity index (χ2v) is 9.56. The molecule has 0 N–H and O–H groups in total. The van der Waals surface area contributed by atoms with Gasteiger partial charge in [0, 0.05) is 18.0 Å². The number of fused-ring (bicyclic) bond motifs is 5. The molecular formula is C20H25N5O2S. The monoisotopic (exact) mass is 399 g/mol. The molecular weight excluding hydrogens is 374 g/mol. The maximum Gasteiger partial charge on any atom is 0.352 e. The first-order valence-electron chi connectivity index (χ1n) is 10.2. The molecule has 8 heteroatoms. The van der Waals surface area contributed by atoms with E-state index in [1.807, 2.05) is 4.90 Å². The molecule has 0 spiro atoms. The number of piperidine rings is 1. The number of aromatic nitrogens is 4. The fraction of sp³-hybridized carbons (Fsp3) is 0.600. The summed E-state index contributed by atoms with van der Waals surface area (Å²) in [5.41, 5.74) is 1.65. The zero-order valence-corrected chi connectivity index (χ0v) is 17.2. The van der Waals surface area contributed by atoms with Crippen LogP contribution in [0, 0.1) is 11.8 Å². The number of hydrogen-bond acceptors (Lipinski definition) is 5. The van der Waals surface area contributed by atoms with Crippen LogP contribution in [0.2, 0.25) is 0 Å². The SMILES string of the molecule is CC1CCN(C(=O)Cn2nc3c4c5c(sc4ncn3c2=O)C[C@@H](C)CC5)CC1. The molecule has 0 bridgehead atoms. The quantitative estimate of drug-likeness (QED) is 0.664. The smallest absolute Gasteiger partial charge is 0.341 e. The van der Waals surface area contributed by atoms with Gasteiger partial charge in [0.05, 0.1) is 5.39 Å². The normalized spacial score (nSPS) is 20.8. The summed E-state index contributed by atoms with van der Waals surface area (Å²) >= 11 is 1.72. The Labute approximate surface area is 167 Å². The van der Waals surface area contributed by atoms with E-state index in [0.717, 1.165) is 55.4 Å². The van der Waals surface area contributed by atoms with Gasteiger partial charge in [0.25, 0.3) is 0 Å². The third-order valence-corrected chi connectivity index (χ3v) is 7.46. The molecule has 0 aromatic carbocycles. The largest absolute Gasteiger partial charge is 0.352 e. The van der Waals surface area contributed by atoms with Crippen molar-refractivity contribution < 1.29 is 4.79 Å². The van der Waals surface area contributed by atoms with Crippen molar-refractivity contribution in [3.8, 4) is 0 Å². The van der Waals surface area contributed by atoms with Crippen LogP contribution in [0.4, 0.5) is 0 Å². The first kappa shape index (κ1) is 17.8. The molecule has 1 aliphatic heterocycles. The number of thiophene rings is 1. The molecule has 4 heterocycles. The minimum atomic E-state index is -0.285. The Kier molecular flexibility index (Phi) is 4.26. The minimum Gasteiger partial charge on any atom is -0.341 e. The Morgan fingerprint density at radius 1 is 1.21 bits per heavy atom.